The Bertz CT molecular complexity index is 812. The van der Waals surface area contributed by atoms with E-state index in [1.807, 2.05) is 0 Å². The van der Waals surface area contributed by atoms with Gasteiger partial charge in [-0.3, -0.25) is 0 Å². The van der Waals surface area contributed by atoms with E-state index in [0.29, 0.717) is 23.1 Å². The fourth-order valence-electron chi connectivity index (χ4n) is 1.96. The molecule has 23 heavy (non-hydrogen) atoms. The summed E-state index contributed by atoms with van der Waals surface area (Å²) >= 11 is 5.54. The van der Waals surface area contributed by atoms with E-state index in [4.69, 9.17) is 16.1 Å². The van der Waals surface area contributed by atoms with Gasteiger partial charge in [0.25, 0.3) is 0 Å². The predicted octanol–water partition coefficient (Wildman–Crippen LogP) is 3.44. The Morgan fingerprint density at radius 3 is 2.48 bits per heavy atom. The standard InChI is InChI=1S/C13H12ClF3N2O3S/c1-7-10(8(2)22-19-7)6-18-23(20,21)12-4-3-9(14)5-11(12)13(15,16)17/h3-5,18H,6H2,1-2H3. The SMILES string of the molecule is Cc1noc(C)c1CNS(=O)(=O)c1ccc(Cl)cc1C(F)(F)F. The zero-order valence-electron chi connectivity index (χ0n) is 12.0. The summed E-state index contributed by atoms with van der Waals surface area (Å²) in [6, 6.07) is 2.48. The molecule has 0 aliphatic rings. The largest absolute Gasteiger partial charge is 0.417 e. The monoisotopic (exact) mass is 368 g/mol. The molecule has 2 aromatic rings. The van der Waals surface area contributed by atoms with Crippen LogP contribution in [0.3, 0.4) is 0 Å². The number of rotatable bonds is 4. The molecule has 0 radical (unpaired) electrons. The normalized spacial score (nSPS) is 12.6. The first-order valence-corrected chi connectivity index (χ1v) is 8.16. The molecule has 1 N–H and O–H groups in total. The van der Waals surface area contributed by atoms with Gasteiger partial charge in [0.1, 0.15) is 5.76 Å². The highest BCUT2D eigenvalue weighted by Crippen LogP contribution is 2.35. The molecule has 0 aliphatic heterocycles. The highest BCUT2D eigenvalue weighted by Gasteiger charge is 2.37. The molecule has 126 valence electrons. The van der Waals surface area contributed by atoms with Crippen molar-refractivity contribution in [3.8, 4) is 0 Å². The quantitative estimate of drug-likeness (QED) is 0.897. The predicted molar refractivity (Wildman–Crippen MR) is 76.5 cm³/mol. The molecular weight excluding hydrogens is 357 g/mol. The van der Waals surface area contributed by atoms with E-state index in [2.05, 4.69) is 9.88 Å². The summed E-state index contributed by atoms with van der Waals surface area (Å²) in [6.45, 7) is 2.94. The number of hydrogen-bond donors (Lipinski definition) is 1. The minimum atomic E-state index is -4.85. The van der Waals surface area contributed by atoms with Gasteiger partial charge in [-0.25, -0.2) is 13.1 Å². The summed E-state index contributed by atoms with van der Waals surface area (Å²) in [5, 5.41) is 3.44. The van der Waals surface area contributed by atoms with E-state index in [1.165, 1.54) is 0 Å². The Morgan fingerprint density at radius 2 is 1.96 bits per heavy atom. The number of sulfonamides is 1. The fourth-order valence-corrected chi connectivity index (χ4v) is 3.33. The first-order valence-electron chi connectivity index (χ1n) is 6.30. The second-order valence-electron chi connectivity index (χ2n) is 4.77. The summed E-state index contributed by atoms with van der Waals surface area (Å²) in [5.41, 5.74) is -0.398. The molecule has 0 fully saturated rings. The maximum Gasteiger partial charge on any atom is 0.417 e. The van der Waals surface area contributed by atoms with Crippen LogP contribution in [0, 0.1) is 13.8 Å². The van der Waals surface area contributed by atoms with Crippen molar-refractivity contribution in [3.63, 3.8) is 0 Å². The van der Waals surface area contributed by atoms with E-state index in [1.54, 1.807) is 13.8 Å². The first-order chi connectivity index (χ1) is 10.5. The maximum atomic E-state index is 13.0. The molecule has 1 aromatic heterocycles. The average Bonchev–Trinajstić information content (AvgIpc) is 2.74. The van der Waals surface area contributed by atoms with Gasteiger partial charge in [-0.15, -0.1) is 0 Å². The van der Waals surface area contributed by atoms with Crippen LogP contribution in [0.25, 0.3) is 0 Å². The number of nitrogens with zero attached hydrogens (tertiary/aromatic N) is 1. The Kier molecular flexibility index (Phi) is 4.74. The van der Waals surface area contributed by atoms with Gasteiger partial charge in [0.15, 0.2) is 0 Å². The van der Waals surface area contributed by atoms with Gasteiger partial charge in [-0.1, -0.05) is 16.8 Å². The van der Waals surface area contributed by atoms with Crippen molar-refractivity contribution < 1.29 is 26.1 Å². The van der Waals surface area contributed by atoms with Crippen LogP contribution < -0.4 is 4.72 Å². The lowest BCUT2D eigenvalue weighted by Gasteiger charge is -2.14. The summed E-state index contributed by atoms with van der Waals surface area (Å²) in [5.74, 6) is 0.386. The Morgan fingerprint density at radius 1 is 1.30 bits per heavy atom. The van der Waals surface area contributed by atoms with E-state index < -0.39 is 26.7 Å². The van der Waals surface area contributed by atoms with Crippen LogP contribution >= 0.6 is 11.6 Å². The Labute approximate surface area is 135 Å². The molecule has 0 atom stereocenters. The molecule has 1 heterocycles. The van der Waals surface area contributed by atoms with E-state index in [9.17, 15) is 21.6 Å². The van der Waals surface area contributed by atoms with E-state index >= 15 is 0 Å². The average molecular weight is 369 g/mol. The highest BCUT2D eigenvalue weighted by atomic mass is 35.5. The van der Waals surface area contributed by atoms with Crippen LogP contribution in [0.2, 0.25) is 5.02 Å². The third-order valence-corrected chi connectivity index (χ3v) is 4.85. The molecule has 5 nitrogen and oxygen atoms in total. The lowest BCUT2D eigenvalue weighted by molar-refractivity contribution is -0.139. The maximum absolute atomic E-state index is 13.0. The smallest absolute Gasteiger partial charge is 0.361 e. The Balaban J connectivity index is 2.37. The van der Waals surface area contributed by atoms with Crippen molar-refractivity contribution in [2.75, 3.05) is 0 Å². The van der Waals surface area contributed by atoms with Gasteiger partial charge in [-0.05, 0) is 32.0 Å². The molecule has 0 bridgehead atoms. The summed E-state index contributed by atoms with van der Waals surface area (Å²) in [6.07, 6.45) is -4.85. The van der Waals surface area contributed by atoms with Crippen molar-refractivity contribution in [1.82, 2.24) is 9.88 Å². The van der Waals surface area contributed by atoms with Crippen LogP contribution in [0.15, 0.2) is 27.6 Å². The van der Waals surface area contributed by atoms with Crippen LogP contribution in [0.1, 0.15) is 22.6 Å². The summed E-state index contributed by atoms with van der Waals surface area (Å²) < 4.78 is 70.5. The van der Waals surface area contributed by atoms with E-state index in [-0.39, 0.29) is 11.6 Å². The lowest BCUT2D eigenvalue weighted by Crippen LogP contribution is -2.26. The van der Waals surface area contributed by atoms with Crippen LogP contribution in [0.5, 0.6) is 0 Å². The number of aromatic nitrogens is 1. The number of benzene rings is 1. The van der Waals surface area contributed by atoms with E-state index in [0.717, 1.165) is 12.1 Å². The van der Waals surface area contributed by atoms with Crippen LogP contribution in [0.4, 0.5) is 13.2 Å². The number of aryl methyl sites for hydroxylation is 2. The fraction of sp³-hybridized carbons (Fsp3) is 0.308. The lowest BCUT2D eigenvalue weighted by atomic mass is 10.2. The van der Waals surface area contributed by atoms with Crippen LogP contribution in [-0.2, 0) is 22.7 Å². The van der Waals surface area contributed by atoms with Crippen LogP contribution in [-0.4, -0.2) is 13.6 Å². The number of alkyl halides is 3. The molecule has 0 amide bonds. The molecule has 0 saturated heterocycles. The minimum absolute atomic E-state index is 0.206. The van der Waals surface area contributed by atoms with Gasteiger partial charge < -0.3 is 4.52 Å². The second-order valence-corrected chi connectivity index (χ2v) is 6.94. The van der Waals surface area contributed by atoms with Crippen molar-refractivity contribution in [2.24, 2.45) is 0 Å². The van der Waals surface area contributed by atoms with Crippen molar-refractivity contribution >= 4 is 21.6 Å². The molecule has 1 aromatic carbocycles. The zero-order valence-corrected chi connectivity index (χ0v) is 13.6. The molecule has 0 unspecified atom stereocenters. The molecule has 2 rings (SSSR count). The minimum Gasteiger partial charge on any atom is -0.361 e. The van der Waals surface area contributed by atoms with Gasteiger partial charge in [-0.2, -0.15) is 13.2 Å². The molecular formula is C13H12ClF3N2O3S. The van der Waals surface area contributed by atoms with Gasteiger partial charge in [0.2, 0.25) is 10.0 Å². The summed E-state index contributed by atoms with van der Waals surface area (Å²) in [7, 11) is -4.40. The third-order valence-electron chi connectivity index (χ3n) is 3.16. The zero-order chi connectivity index (χ0) is 17.4. The molecule has 0 saturated carbocycles. The number of hydrogen-bond acceptors (Lipinski definition) is 4. The topological polar surface area (TPSA) is 72.2 Å². The van der Waals surface area contributed by atoms with Gasteiger partial charge in [0, 0.05) is 17.1 Å². The van der Waals surface area contributed by atoms with Crippen molar-refractivity contribution in [1.29, 1.82) is 0 Å². The highest BCUT2D eigenvalue weighted by molar-refractivity contribution is 7.89. The molecule has 0 aliphatic carbocycles. The van der Waals surface area contributed by atoms with Crippen molar-refractivity contribution in [3.05, 3.63) is 45.8 Å². The molecule has 0 spiro atoms. The van der Waals surface area contributed by atoms with Gasteiger partial charge in [0.05, 0.1) is 16.2 Å². The second kappa shape index (κ2) is 6.14. The first kappa shape index (κ1) is 17.8. The molecule has 10 heteroatoms. The Hall–Kier alpha value is -1.58. The number of nitrogens with one attached hydrogen (secondary N) is 1. The number of halogens is 4. The van der Waals surface area contributed by atoms with Gasteiger partial charge >= 0.3 is 6.18 Å². The summed E-state index contributed by atoms with van der Waals surface area (Å²) in [4.78, 5) is -0.888. The third kappa shape index (κ3) is 3.85. The van der Waals surface area contributed by atoms with Crippen molar-refractivity contribution in [2.45, 2.75) is 31.5 Å².